The first-order valence-electron chi connectivity index (χ1n) is 7.33. The quantitative estimate of drug-likeness (QED) is 0.318. The number of amides is 1. The molecule has 2 rings (SSSR count). The highest BCUT2D eigenvalue weighted by Gasteiger charge is 2.03. The second kappa shape index (κ2) is 9.59. The Morgan fingerprint density at radius 1 is 1.04 bits per heavy atom. The zero-order valence-electron chi connectivity index (χ0n) is 13.8. The SMILES string of the molecule is COc1ccc(C#Cc2ccc(SNCC(=O)NO)cc2)cc1OC. The van der Waals surface area contributed by atoms with Crippen LogP contribution in [-0.2, 0) is 4.79 Å². The van der Waals surface area contributed by atoms with Crippen LogP contribution in [0.15, 0.2) is 47.4 Å². The summed E-state index contributed by atoms with van der Waals surface area (Å²) in [7, 11) is 3.18. The summed E-state index contributed by atoms with van der Waals surface area (Å²) in [6, 6.07) is 13.1. The standard InChI is InChI=1S/C18H18N2O4S/c1-23-16-10-7-14(11-17(16)24-2)4-3-13-5-8-15(9-6-13)25-19-12-18(21)20-22/h5-11,19,22H,12H2,1-2H3,(H,20,21). The Hall–Kier alpha value is -2.66. The van der Waals surface area contributed by atoms with Gasteiger partial charge in [0.05, 0.1) is 20.8 Å². The molecule has 0 aliphatic heterocycles. The number of carbonyl (C=O) groups is 1. The van der Waals surface area contributed by atoms with Gasteiger partial charge in [-0.1, -0.05) is 11.8 Å². The molecule has 1 amide bonds. The third-order valence-corrected chi connectivity index (χ3v) is 3.93. The molecular formula is C18H18N2O4S. The summed E-state index contributed by atoms with van der Waals surface area (Å²) in [5.41, 5.74) is 3.25. The van der Waals surface area contributed by atoms with Crippen molar-refractivity contribution in [3.05, 3.63) is 53.6 Å². The largest absolute Gasteiger partial charge is 0.493 e. The Labute approximate surface area is 150 Å². The van der Waals surface area contributed by atoms with Gasteiger partial charge in [-0.25, -0.2) is 5.48 Å². The third kappa shape index (κ3) is 5.72. The Morgan fingerprint density at radius 2 is 1.68 bits per heavy atom. The molecule has 7 heteroatoms. The number of benzene rings is 2. The second-order valence-corrected chi connectivity index (χ2v) is 5.77. The molecule has 2 aromatic rings. The van der Waals surface area contributed by atoms with Crippen molar-refractivity contribution < 1.29 is 19.5 Å². The lowest BCUT2D eigenvalue weighted by Crippen LogP contribution is -2.28. The van der Waals surface area contributed by atoms with Crippen LogP contribution < -0.4 is 19.7 Å². The molecule has 0 heterocycles. The maximum atomic E-state index is 10.9. The van der Waals surface area contributed by atoms with E-state index in [1.165, 1.54) is 11.9 Å². The summed E-state index contributed by atoms with van der Waals surface area (Å²) in [6.07, 6.45) is 0. The van der Waals surface area contributed by atoms with Crippen LogP contribution in [0.25, 0.3) is 0 Å². The molecular weight excluding hydrogens is 340 g/mol. The summed E-state index contributed by atoms with van der Waals surface area (Å²) >= 11 is 1.30. The molecule has 0 saturated heterocycles. The third-order valence-electron chi connectivity index (χ3n) is 3.14. The highest BCUT2D eigenvalue weighted by molar-refractivity contribution is 7.97. The zero-order chi connectivity index (χ0) is 18.1. The van der Waals surface area contributed by atoms with Crippen molar-refractivity contribution in [2.75, 3.05) is 20.8 Å². The number of carbonyl (C=O) groups excluding carboxylic acids is 1. The Balaban J connectivity index is 2.00. The minimum atomic E-state index is -0.495. The fourth-order valence-corrected chi connectivity index (χ4v) is 2.53. The minimum Gasteiger partial charge on any atom is -0.493 e. The van der Waals surface area contributed by atoms with E-state index in [0.717, 1.165) is 16.0 Å². The highest BCUT2D eigenvalue weighted by Crippen LogP contribution is 2.27. The van der Waals surface area contributed by atoms with E-state index in [9.17, 15) is 4.79 Å². The van der Waals surface area contributed by atoms with Gasteiger partial charge in [0.2, 0.25) is 0 Å². The number of hydroxylamine groups is 1. The van der Waals surface area contributed by atoms with Gasteiger partial charge < -0.3 is 9.47 Å². The smallest absolute Gasteiger partial charge is 0.258 e. The van der Waals surface area contributed by atoms with Gasteiger partial charge in [-0.15, -0.1) is 0 Å². The maximum Gasteiger partial charge on any atom is 0.258 e. The molecule has 0 bridgehead atoms. The van der Waals surface area contributed by atoms with E-state index in [2.05, 4.69) is 16.6 Å². The molecule has 0 fully saturated rings. The van der Waals surface area contributed by atoms with Crippen LogP contribution in [0.3, 0.4) is 0 Å². The molecule has 3 N–H and O–H groups in total. The van der Waals surface area contributed by atoms with Gasteiger partial charge in [-0.2, -0.15) is 0 Å². The molecule has 0 aliphatic carbocycles. The van der Waals surface area contributed by atoms with E-state index in [-0.39, 0.29) is 6.54 Å². The van der Waals surface area contributed by atoms with Gasteiger partial charge in [-0.3, -0.25) is 14.7 Å². The summed E-state index contributed by atoms with van der Waals surface area (Å²) in [5, 5.41) is 8.40. The number of hydrogen-bond donors (Lipinski definition) is 3. The van der Waals surface area contributed by atoms with Crippen molar-refractivity contribution in [1.29, 1.82) is 0 Å². The van der Waals surface area contributed by atoms with Crippen LogP contribution in [0.1, 0.15) is 11.1 Å². The molecule has 2 aromatic carbocycles. The molecule has 0 saturated carbocycles. The number of rotatable bonds is 6. The van der Waals surface area contributed by atoms with Gasteiger partial charge in [0.1, 0.15) is 0 Å². The summed E-state index contributed by atoms with van der Waals surface area (Å²) < 4.78 is 13.3. The number of methoxy groups -OCH3 is 2. The maximum absolute atomic E-state index is 10.9. The first-order chi connectivity index (χ1) is 12.2. The van der Waals surface area contributed by atoms with Gasteiger partial charge in [0, 0.05) is 16.0 Å². The van der Waals surface area contributed by atoms with E-state index in [4.69, 9.17) is 14.7 Å². The predicted octanol–water partition coefficient (Wildman–Crippen LogP) is 2.21. The van der Waals surface area contributed by atoms with Crippen molar-refractivity contribution in [1.82, 2.24) is 10.2 Å². The summed E-state index contributed by atoms with van der Waals surface area (Å²) in [5.74, 6) is 6.98. The van der Waals surface area contributed by atoms with Crippen molar-refractivity contribution >= 4 is 17.9 Å². The predicted molar refractivity (Wildman–Crippen MR) is 95.8 cm³/mol. The monoisotopic (exact) mass is 358 g/mol. The topological polar surface area (TPSA) is 79.8 Å². The van der Waals surface area contributed by atoms with Crippen molar-refractivity contribution in [3.63, 3.8) is 0 Å². The van der Waals surface area contributed by atoms with Crippen LogP contribution in [0.2, 0.25) is 0 Å². The summed E-state index contributed by atoms with van der Waals surface area (Å²) in [4.78, 5) is 11.8. The molecule has 0 atom stereocenters. The van der Waals surface area contributed by atoms with Gasteiger partial charge in [0.15, 0.2) is 11.5 Å². The molecule has 0 unspecified atom stereocenters. The molecule has 0 spiro atoms. The van der Waals surface area contributed by atoms with Crippen LogP contribution in [0, 0.1) is 11.8 Å². The van der Waals surface area contributed by atoms with Crippen LogP contribution >= 0.6 is 11.9 Å². The Kier molecular flexibility index (Phi) is 7.16. The van der Waals surface area contributed by atoms with Crippen molar-refractivity contribution in [2.45, 2.75) is 4.90 Å². The normalized spacial score (nSPS) is 9.72. The van der Waals surface area contributed by atoms with Gasteiger partial charge in [-0.05, 0) is 54.4 Å². The van der Waals surface area contributed by atoms with Crippen LogP contribution in [-0.4, -0.2) is 31.9 Å². The average molecular weight is 358 g/mol. The van der Waals surface area contributed by atoms with Gasteiger partial charge in [0.25, 0.3) is 5.91 Å². The van der Waals surface area contributed by atoms with E-state index >= 15 is 0 Å². The number of ether oxygens (including phenoxy) is 2. The first-order valence-corrected chi connectivity index (χ1v) is 8.14. The lowest BCUT2D eigenvalue weighted by molar-refractivity contribution is -0.127. The lowest BCUT2D eigenvalue weighted by atomic mass is 10.1. The molecule has 130 valence electrons. The summed E-state index contributed by atoms with van der Waals surface area (Å²) in [6.45, 7) is 0.0159. The van der Waals surface area contributed by atoms with Crippen molar-refractivity contribution in [2.24, 2.45) is 0 Å². The minimum absolute atomic E-state index is 0.0159. The van der Waals surface area contributed by atoms with Gasteiger partial charge >= 0.3 is 0 Å². The average Bonchev–Trinajstić information content (AvgIpc) is 2.66. The number of hydrogen-bond acceptors (Lipinski definition) is 6. The molecule has 25 heavy (non-hydrogen) atoms. The number of nitrogens with one attached hydrogen (secondary N) is 2. The van der Waals surface area contributed by atoms with E-state index in [1.54, 1.807) is 19.7 Å². The molecule has 0 aromatic heterocycles. The zero-order valence-corrected chi connectivity index (χ0v) is 14.6. The van der Waals surface area contributed by atoms with Crippen molar-refractivity contribution in [3.8, 4) is 23.3 Å². The van der Waals surface area contributed by atoms with E-state index < -0.39 is 5.91 Å². The van der Waals surface area contributed by atoms with E-state index in [0.29, 0.717) is 11.5 Å². The molecule has 0 radical (unpaired) electrons. The lowest BCUT2D eigenvalue weighted by Gasteiger charge is -2.06. The Bertz CT molecular complexity index is 782. The fourth-order valence-electron chi connectivity index (χ4n) is 1.89. The first kappa shape index (κ1) is 18.7. The van der Waals surface area contributed by atoms with Crippen LogP contribution in [0.5, 0.6) is 11.5 Å². The highest BCUT2D eigenvalue weighted by atomic mass is 32.2. The van der Waals surface area contributed by atoms with E-state index in [1.807, 2.05) is 42.5 Å². The Morgan fingerprint density at radius 3 is 2.32 bits per heavy atom. The van der Waals surface area contributed by atoms with Crippen LogP contribution in [0.4, 0.5) is 0 Å². The second-order valence-electron chi connectivity index (χ2n) is 4.80. The fraction of sp³-hybridized carbons (Fsp3) is 0.167. The molecule has 0 aliphatic rings. The molecule has 6 nitrogen and oxygen atoms in total.